The second-order valence-corrected chi connectivity index (χ2v) is 6.29. The molecule has 3 aromatic rings. The van der Waals surface area contributed by atoms with Crippen LogP contribution in [0.3, 0.4) is 0 Å². The molecule has 0 aliphatic carbocycles. The van der Waals surface area contributed by atoms with Crippen LogP contribution in [-0.2, 0) is 0 Å². The molecule has 2 aromatic heterocycles. The van der Waals surface area contributed by atoms with Crippen molar-refractivity contribution >= 4 is 17.0 Å². The van der Waals surface area contributed by atoms with Gasteiger partial charge < -0.3 is 9.42 Å². The summed E-state index contributed by atoms with van der Waals surface area (Å²) in [5.41, 5.74) is 3.48. The number of hydrogen-bond acceptors (Lipinski definition) is 4. The monoisotopic (exact) mass is 353 g/mol. The molecule has 0 N–H and O–H groups in total. The highest BCUT2D eigenvalue weighted by Crippen LogP contribution is 2.28. The van der Waals surface area contributed by atoms with Crippen molar-refractivity contribution < 1.29 is 13.7 Å². The smallest absolute Gasteiger partial charge is 0.259 e. The van der Waals surface area contributed by atoms with Crippen LogP contribution in [0.2, 0.25) is 0 Å². The van der Waals surface area contributed by atoms with Crippen LogP contribution < -0.4 is 0 Å². The van der Waals surface area contributed by atoms with E-state index in [4.69, 9.17) is 4.52 Å². The summed E-state index contributed by atoms with van der Waals surface area (Å²) < 4.78 is 18.5. The van der Waals surface area contributed by atoms with Crippen LogP contribution >= 0.6 is 0 Å². The molecule has 26 heavy (non-hydrogen) atoms. The molecule has 134 valence electrons. The van der Waals surface area contributed by atoms with Gasteiger partial charge in [0.05, 0.1) is 22.3 Å². The van der Waals surface area contributed by atoms with Crippen molar-refractivity contribution in [2.45, 2.75) is 20.8 Å². The molecule has 0 aliphatic rings. The predicted molar refractivity (Wildman–Crippen MR) is 98.3 cm³/mol. The van der Waals surface area contributed by atoms with E-state index in [0.29, 0.717) is 46.7 Å². The predicted octanol–water partition coefficient (Wildman–Crippen LogP) is 4.38. The SMILES string of the molecule is C=C(C)CN(CC)C(=O)c1cc(-c2ccc(F)cc2)nc2onc(C)c12. The van der Waals surface area contributed by atoms with Crippen LogP contribution in [0.5, 0.6) is 0 Å². The first-order chi connectivity index (χ1) is 12.4. The minimum Gasteiger partial charge on any atom is -0.335 e. The third-order valence-electron chi connectivity index (χ3n) is 4.12. The molecule has 1 amide bonds. The van der Waals surface area contributed by atoms with Crippen LogP contribution in [0.1, 0.15) is 29.9 Å². The molecule has 5 nitrogen and oxygen atoms in total. The van der Waals surface area contributed by atoms with E-state index in [9.17, 15) is 9.18 Å². The Morgan fingerprint density at radius 1 is 1.31 bits per heavy atom. The van der Waals surface area contributed by atoms with Gasteiger partial charge in [-0.25, -0.2) is 9.37 Å². The van der Waals surface area contributed by atoms with Crippen LogP contribution in [0, 0.1) is 12.7 Å². The zero-order valence-electron chi connectivity index (χ0n) is 15.0. The Balaban J connectivity index is 2.16. The van der Waals surface area contributed by atoms with Crippen LogP contribution in [-0.4, -0.2) is 34.0 Å². The highest BCUT2D eigenvalue weighted by molar-refractivity contribution is 6.07. The van der Waals surface area contributed by atoms with Crippen molar-refractivity contribution in [1.29, 1.82) is 0 Å². The zero-order chi connectivity index (χ0) is 18.8. The van der Waals surface area contributed by atoms with Crippen LogP contribution in [0.15, 0.2) is 47.0 Å². The van der Waals surface area contributed by atoms with Gasteiger partial charge in [-0.1, -0.05) is 17.3 Å². The number of aryl methyl sites for hydroxylation is 1. The average molecular weight is 353 g/mol. The minimum absolute atomic E-state index is 0.141. The Morgan fingerprint density at radius 2 is 2.00 bits per heavy atom. The van der Waals surface area contributed by atoms with Crippen molar-refractivity contribution in [3.63, 3.8) is 0 Å². The fourth-order valence-corrected chi connectivity index (χ4v) is 2.86. The highest BCUT2D eigenvalue weighted by atomic mass is 19.1. The largest absolute Gasteiger partial charge is 0.335 e. The molecular weight excluding hydrogens is 333 g/mol. The maximum atomic E-state index is 13.2. The summed E-state index contributed by atoms with van der Waals surface area (Å²) in [6.07, 6.45) is 0. The summed E-state index contributed by atoms with van der Waals surface area (Å²) in [7, 11) is 0. The number of hydrogen-bond donors (Lipinski definition) is 0. The number of fused-ring (bicyclic) bond motifs is 1. The molecular formula is C20H20FN3O2. The number of pyridine rings is 1. The Bertz CT molecular complexity index is 977. The lowest BCUT2D eigenvalue weighted by atomic mass is 10.0. The molecule has 0 unspecified atom stereocenters. The molecule has 0 atom stereocenters. The third-order valence-corrected chi connectivity index (χ3v) is 4.12. The summed E-state index contributed by atoms with van der Waals surface area (Å²) in [6, 6.07) is 7.66. The molecule has 0 fully saturated rings. The molecule has 0 saturated carbocycles. The molecule has 1 aromatic carbocycles. The van der Waals surface area contributed by atoms with Gasteiger partial charge in [0.15, 0.2) is 0 Å². The van der Waals surface area contributed by atoms with E-state index in [1.165, 1.54) is 12.1 Å². The van der Waals surface area contributed by atoms with E-state index in [2.05, 4.69) is 16.7 Å². The standard InChI is InChI=1S/C20H20FN3O2/c1-5-24(11-12(2)3)20(25)16-10-17(14-6-8-15(21)9-7-14)22-19-18(16)13(4)23-26-19/h6-10H,2,5,11H2,1,3-4H3. The number of aromatic nitrogens is 2. The Labute approximate surface area is 151 Å². The van der Waals surface area contributed by atoms with Gasteiger partial charge in [0.1, 0.15) is 5.82 Å². The number of carbonyl (C=O) groups is 1. The van der Waals surface area contributed by atoms with E-state index >= 15 is 0 Å². The lowest BCUT2D eigenvalue weighted by Gasteiger charge is -2.21. The van der Waals surface area contributed by atoms with Gasteiger partial charge in [0.25, 0.3) is 11.6 Å². The number of likely N-dealkylation sites (N-methyl/N-ethyl adjacent to an activating group) is 1. The molecule has 3 rings (SSSR count). The quantitative estimate of drug-likeness (QED) is 0.639. The maximum Gasteiger partial charge on any atom is 0.259 e. The molecule has 0 aliphatic heterocycles. The first-order valence-electron chi connectivity index (χ1n) is 8.37. The Kier molecular flexibility index (Phi) is 4.84. The number of rotatable bonds is 5. The molecule has 0 saturated heterocycles. The normalized spacial score (nSPS) is 10.9. The minimum atomic E-state index is -0.333. The van der Waals surface area contributed by atoms with Gasteiger partial charge >= 0.3 is 0 Å². The number of halogens is 1. The van der Waals surface area contributed by atoms with E-state index in [1.807, 2.05) is 13.8 Å². The van der Waals surface area contributed by atoms with Crippen molar-refractivity contribution in [3.05, 3.63) is 59.6 Å². The number of amides is 1. The van der Waals surface area contributed by atoms with Gasteiger partial charge in [0, 0.05) is 18.7 Å². The maximum absolute atomic E-state index is 13.2. The molecule has 0 spiro atoms. The fraction of sp³-hybridized carbons (Fsp3) is 0.250. The third kappa shape index (κ3) is 3.35. The van der Waals surface area contributed by atoms with E-state index < -0.39 is 0 Å². The summed E-state index contributed by atoms with van der Waals surface area (Å²) >= 11 is 0. The van der Waals surface area contributed by atoms with Gasteiger partial charge in [-0.05, 0) is 51.1 Å². The van der Waals surface area contributed by atoms with Crippen molar-refractivity contribution in [2.24, 2.45) is 0 Å². The van der Waals surface area contributed by atoms with Crippen molar-refractivity contribution in [1.82, 2.24) is 15.0 Å². The summed E-state index contributed by atoms with van der Waals surface area (Å²) in [4.78, 5) is 19.3. The lowest BCUT2D eigenvalue weighted by Crippen LogP contribution is -2.32. The molecule has 2 heterocycles. The summed E-state index contributed by atoms with van der Waals surface area (Å²) in [5.74, 6) is -0.474. The van der Waals surface area contributed by atoms with Gasteiger partial charge in [-0.2, -0.15) is 0 Å². The molecule has 0 radical (unpaired) electrons. The number of benzene rings is 1. The Hall–Kier alpha value is -3.02. The van der Waals surface area contributed by atoms with Gasteiger partial charge in [-0.15, -0.1) is 0 Å². The van der Waals surface area contributed by atoms with Crippen LogP contribution in [0.25, 0.3) is 22.4 Å². The fourth-order valence-electron chi connectivity index (χ4n) is 2.86. The first-order valence-corrected chi connectivity index (χ1v) is 8.37. The summed E-state index contributed by atoms with van der Waals surface area (Å²) in [5, 5.41) is 4.55. The molecule has 6 heteroatoms. The molecule has 0 bridgehead atoms. The number of nitrogens with zero attached hydrogens (tertiary/aromatic N) is 3. The second kappa shape index (κ2) is 7.07. The van der Waals surface area contributed by atoms with E-state index in [0.717, 1.165) is 5.57 Å². The topological polar surface area (TPSA) is 59.2 Å². The van der Waals surface area contributed by atoms with E-state index in [-0.39, 0.29) is 11.7 Å². The van der Waals surface area contributed by atoms with Crippen LogP contribution in [0.4, 0.5) is 4.39 Å². The second-order valence-electron chi connectivity index (χ2n) is 6.29. The van der Waals surface area contributed by atoms with Crippen molar-refractivity contribution in [2.75, 3.05) is 13.1 Å². The highest BCUT2D eigenvalue weighted by Gasteiger charge is 2.22. The number of carbonyl (C=O) groups excluding carboxylic acids is 1. The van der Waals surface area contributed by atoms with Crippen molar-refractivity contribution in [3.8, 4) is 11.3 Å². The zero-order valence-corrected chi connectivity index (χ0v) is 15.0. The lowest BCUT2D eigenvalue weighted by molar-refractivity contribution is 0.0780. The average Bonchev–Trinajstić information content (AvgIpc) is 3.00. The van der Waals surface area contributed by atoms with E-state index in [1.54, 1.807) is 30.0 Å². The first kappa shape index (κ1) is 17.8. The van der Waals surface area contributed by atoms with Gasteiger partial charge in [-0.3, -0.25) is 4.79 Å². The Morgan fingerprint density at radius 3 is 2.62 bits per heavy atom. The summed E-state index contributed by atoms with van der Waals surface area (Å²) in [6.45, 7) is 10.5. The van der Waals surface area contributed by atoms with Gasteiger partial charge in [0.2, 0.25) is 0 Å².